The first-order valence-electron chi connectivity index (χ1n) is 8.72. The van der Waals surface area contributed by atoms with E-state index in [0.717, 1.165) is 0 Å². The summed E-state index contributed by atoms with van der Waals surface area (Å²) in [5.41, 5.74) is -0.0871. The number of hydrogen-bond acceptors (Lipinski definition) is 6. The highest BCUT2D eigenvalue weighted by atomic mass is 16.5. The monoisotopic (exact) mass is 356 g/mol. The number of carbonyl (C=O) groups is 3. The minimum atomic E-state index is -1.10. The molecule has 6 heteroatoms. The van der Waals surface area contributed by atoms with E-state index in [4.69, 9.17) is 14.2 Å². The fourth-order valence-electron chi connectivity index (χ4n) is 1.66. The van der Waals surface area contributed by atoms with Gasteiger partial charge in [-0.25, -0.2) is 4.79 Å². The Morgan fingerprint density at radius 1 is 0.760 bits per heavy atom. The molecule has 0 bridgehead atoms. The molecule has 0 aromatic heterocycles. The Balaban J connectivity index is 4.98. The van der Waals surface area contributed by atoms with Crippen LogP contribution in [0.4, 0.5) is 0 Å². The van der Waals surface area contributed by atoms with Gasteiger partial charge in [-0.15, -0.1) is 0 Å². The largest absolute Gasteiger partial charge is 0.465 e. The Labute approximate surface area is 150 Å². The molecule has 0 aromatic carbocycles. The number of carbonyl (C=O) groups excluding carboxylic acids is 3. The molecule has 0 saturated heterocycles. The molecule has 0 aromatic rings. The van der Waals surface area contributed by atoms with E-state index in [1.807, 2.05) is 41.5 Å². The number of ether oxygens (including phenoxy) is 3. The SMILES string of the molecule is C=C(C(=O)OCC(C)C)C(CC(=O)OCC(C)C)C(=O)OCC(C)C. The van der Waals surface area contributed by atoms with Gasteiger partial charge in [0, 0.05) is 5.57 Å². The number of esters is 3. The van der Waals surface area contributed by atoms with E-state index in [1.54, 1.807) is 0 Å². The number of rotatable bonds is 11. The van der Waals surface area contributed by atoms with E-state index >= 15 is 0 Å². The fourth-order valence-corrected chi connectivity index (χ4v) is 1.66. The average molecular weight is 356 g/mol. The summed E-state index contributed by atoms with van der Waals surface area (Å²) in [5, 5.41) is 0. The van der Waals surface area contributed by atoms with Crippen molar-refractivity contribution in [3.05, 3.63) is 12.2 Å². The molecule has 0 aliphatic rings. The van der Waals surface area contributed by atoms with Gasteiger partial charge in [-0.2, -0.15) is 0 Å². The van der Waals surface area contributed by atoms with Gasteiger partial charge in [0.05, 0.1) is 32.2 Å². The Morgan fingerprint density at radius 3 is 1.68 bits per heavy atom. The highest BCUT2D eigenvalue weighted by Gasteiger charge is 2.32. The van der Waals surface area contributed by atoms with Crippen LogP contribution in [0.25, 0.3) is 0 Å². The van der Waals surface area contributed by atoms with E-state index in [9.17, 15) is 14.4 Å². The van der Waals surface area contributed by atoms with Crippen LogP contribution in [0, 0.1) is 23.7 Å². The zero-order valence-corrected chi connectivity index (χ0v) is 16.3. The summed E-state index contributed by atoms with van der Waals surface area (Å²) in [6.45, 7) is 15.7. The lowest BCUT2D eigenvalue weighted by Crippen LogP contribution is -2.29. The van der Waals surface area contributed by atoms with Crippen molar-refractivity contribution < 1.29 is 28.6 Å². The first-order chi connectivity index (χ1) is 11.5. The van der Waals surface area contributed by atoms with Gasteiger partial charge in [-0.1, -0.05) is 48.1 Å². The maximum Gasteiger partial charge on any atom is 0.334 e. The molecule has 1 unspecified atom stereocenters. The minimum Gasteiger partial charge on any atom is -0.465 e. The third kappa shape index (κ3) is 10.6. The summed E-state index contributed by atoms with van der Waals surface area (Å²) < 4.78 is 15.4. The lowest BCUT2D eigenvalue weighted by Gasteiger charge is -2.18. The van der Waals surface area contributed by atoms with Crippen molar-refractivity contribution in [2.24, 2.45) is 23.7 Å². The predicted molar refractivity (Wildman–Crippen MR) is 94.6 cm³/mol. The molecule has 0 radical (unpaired) electrons. The summed E-state index contributed by atoms with van der Waals surface area (Å²) in [6.07, 6.45) is -0.292. The van der Waals surface area contributed by atoms with Gasteiger partial charge in [-0.3, -0.25) is 9.59 Å². The molecule has 25 heavy (non-hydrogen) atoms. The van der Waals surface area contributed by atoms with Gasteiger partial charge in [0.25, 0.3) is 0 Å². The molecule has 0 amide bonds. The van der Waals surface area contributed by atoms with E-state index in [2.05, 4.69) is 6.58 Å². The third-order valence-electron chi connectivity index (χ3n) is 3.02. The molecule has 0 aliphatic heterocycles. The molecule has 6 nitrogen and oxygen atoms in total. The normalized spacial score (nSPS) is 12.2. The molecule has 0 heterocycles. The Morgan fingerprint density at radius 2 is 1.20 bits per heavy atom. The molecule has 0 N–H and O–H groups in total. The molecule has 1 atom stereocenters. The van der Waals surface area contributed by atoms with Gasteiger partial charge >= 0.3 is 17.9 Å². The molecule has 0 aliphatic carbocycles. The summed E-state index contributed by atoms with van der Waals surface area (Å²) in [5.74, 6) is -2.57. The summed E-state index contributed by atoms with van der Waals surface area (Å²) in [6, 6.07) is 0. The van der Waals surface area contributed by atoms with Crippen LogP contribution in [-0.4, -0.2) is 37.7 Å². The highest BCUT2D eigenvalue weighted by molar-refractivity contribution is 5.96. The zero-order chi connectivity index (χ0) is 19.6. The van der Waals surface area contributed by atoms with E-state index in [-0.39, 0.29) is 49.6 Å². The van der Waals surface area contributed by atoms with E-state index in [0.29, 0.717) is 0 Å². The second-order valence-electron chi connectivity index (χ2n) is 7.38. The van der Waals surface area contributed by atoms with Crippen molar-refractivity contribution >= 4 is 17.9 Å². The van der Waals surface area contributed by atoms with Crippen LogP contribution in [0.5, 0.6) is 0 Å². The number of hydrogen-bond donors (Lipinski definition) is 0. The maximum absolute atomic E-state index is 12.3. The van der Waals surface area contributed by atoms with Crippen molar-refractivity contribution in [1.29, 1.82) is 0 Å². The summed E-state index contributed by atoms with van der Waals surface area (Å²) in [7, 11) is 0. The maximum atomic E-state index is 12.3. The average Bonchev–Trinajstić information content (AvgIpc) is 2.52. The Bertz CT molecular complexity index is 465. The third-order valence-corrected chi connectivity index (χ3v) is 3.02. The van der Waals surface area contributed by atoms with Crippen molar-refractivity contribution in [1.82, 2.24) is 0 Å². The fraction of sp³-hybridized carbons (Fsp3) is 0.737. The second kappa shape index (κ2) is 11.7. The molecule has 0 fully saturated rings. The second-order valence-corrected chi connectivity index (χ2v) is 7.38. The predicted octanol–water partition coefficient (Wildman–Crippen LogP) is 3.15. The van der Waals surface area contributed by atoms with Crippen LogP contribution in [-0.2, 0) is 28.6 Å². The summed E-state index contributed by atoms with van der Waals surface area (Å²) in [4.78, 5) is 36.4. The van der Waals surface area contributed by atoms with Crippen LogP contribution < -0.4 is 0 Å². The summed E-state index contributed by atoms with van der Waals surface area (Å²) >= 11 is 0. The molecular formula is C19H32O6. The first kappa shape index (κ1) is 23.1. The molecule has 0 rings (SSSR count). The quantitative estimate of drug-likeness (QED) is 0.321. The van der Waals surface area contributed by atoms with Gasteiger partial charge in [-0.05, 0) is 17.8 Å². The smallest absolute Gasteiger partial charge is 0.334 e. The van der Waals surface area contributed by atoms with Gasteiger partial charge in [0.1, 0.15) is 0 Å². The van der Waals surface area contributed by atoms with Gasteiger partial charge in [0.15, 0.2) is 0 Å². The van der Waals surface area contributed by atoms with Crippen molar-refractivity contribution in [3.8, 4) is 0 Å². The molecular weight excluding hydrogens is 324 g/mol. The Kier molecular flexibility index (Phi) is 10.8. The van der Waals surface area contributed by atoms with Crippen LogP contribution in [0.2, 0.25) is 0 Å². The lowest BCUT2D eigenvalue weighted by molar-refractivity contribution is -0.156. The zero-order valence-electron chi connectivity index (χ0n) is 16.3. The van der Waals surface area contributed by atoms with Crippen LogP contribution >= 0.6 is 0 Å². The van der Waals surface area contributed by atoms with Crippen LogP contribution in [0.3, 0.4) is 0 Å². The van der Waals surface area contributed by atoms with E-state index < -0.39 is 23.8 Å². The van der Waals surface area contributed by atoms with Crippen molar-refractivity contribution in [2.75, 3.05) is 19.8 Å². The van der Waals surface area contributed by atoms with Crippen molar-refractivity contribution in [3.63, 3.8) is 0 Å². The van der Waals surface area contributed by atoms with E-state index in [1.165, 1.54) is 0 Å². The van der Waals surface area contributed by atoms with Crippen LogP contribution in [0.15, 0.2) is 12.2 Å². The topological polar surface area (TPSA) is 78.9 Å². The minimum absolute atomic E-state index is 0.0871. The molecule has 0 spiro atoms. The van der Waals surface area contributed by atoms with Gasteiger partial charge in [0.2, 0.25) is 0 Å². The van der Waals surface area contributed by atoms with Crippen LogP contribution in [0.1, 0.15) is 48.0 Å². The van der Waals surface area contributed by atoms with Gasteiger partial charge < -0.3 is 14.2 Å². The highest BCUT2D eigenvalue weighted by Crippen LogP contribution is 2.19. The molecule has 144 valence electrons. The Hall–Kier alpha value is -1.85. The first-order valence-corrected chi connectivity index (χ1v) is 8.72. The lowest BCUT2D eigenvalue weighted by atomic mass is 9.96. The van der Waals surface area contributed by atoms with Crippen molar-refractivity contribution in [2.45, 2.75) is 48.0 Å². The standard InChI is InChI=1S/C19H32O6/c1-12(2)9-23-17(20)8-16(19(22)25-11-14(5)6)15(7)18(21)24-10-13(3)4/h12-14,16H,7-11H2,1-6H3. The molecule has 0 saturated carbocycles.